The number of likely N-dealkylation sites (tertiary alicyclic amines) is 1. The summed E-state index contributed by atoms with van der Waals surface area (Å²) in [6.45, 7) is 8.28. The molecule has 0 spiro atoms. The highest BCUT2D eigenvalue weighted by molar-refractivity contribution is 5.84. The van der Waals surface area contributed by atoms with Crippen LogP contribution in [0.15, 0.2) is 0 Å². The van der Waals surface area contributed by atoms with Gasteiger partial charge in [-0.25, -0.2) is 0 Å². The summed E-state index contributed by atoms with van der Waals surface area (Å²) in [5.74, 6) is -1.48. The van der Waals surface area contributed by atoms with Crippen LogP contribution in [0.25, 0.3) is 0 Å². The lowest BCUT2D eigenvalue weighted by atomic mass is 9.88. The summed E-state index contributed by atoms with van der Waals surface area (Å²) in [4.78, 5) is 25.0. The Hall–Kier alpha value is -1.06. The number of piperidine rings is 1. The standard InChI is InChI=1S/C13H23NO3/c1-8-6-5-7-14(11(8)4)12(15)9(2)10(3)13(16)17/h8-11H,5-7H2,1-4H3,(H,16,17). The zero-order valence-electron chi connectivity index (χ0n) is 11.1. The van der Waals surface area contributed by atoms with Gasteiger partial charge in [0.15, 0.2) is 0 Å². The summed E-state index contributed by atoms with van der Waals surface area (Å²) < 4.78 is 0. The maximum atomic E-state index is 12.3. The van der Waals surface area contributed by atoms with Crippen LogP contribution in [0.5, 0.6) is 0 Å². The lowest BCUT2D eigenvalue weighted by Gasteiger charge is -2.39. The van der Waals surface area contributed by atoms with E-state index in [0.717, 1.165) is 19.4 Å². The van der Waals surface area contributed by atoms with Gasteiger partial charge in [0, 0.05) is 18.5 Å². The highest BCUT2D eigenvalue weighted by Gasteiger charge is 2.34. The van der Waals surface area contributed by atoms with Gasteiger partial charge in [-0.15, -0.1) is 0 Å². The van der Waals surface area contributed by atoms with Crippen molar-refractivity contribution in [3.63, 3.8) is 0 Å². The molecule has 0 radical (unpaired) electrons. The summed E-state index contributed by atoms with van der Waals surface area (Å²) >= 11 is 0. The number of rotatable bonds is 3. The Morgan fingerprint density at radius 2 is 1.82 bits per heavy atom. The van der Waals surface area contributed by atoms with E-state index in [4.69, 9.17) is 5.11 Å². The van der Waals surface area contributed by atoms with E-state index in [0.29, 0.717) is 5.92 Å². The second-order valence-corrected chi connectivity index (χ2v) is 5.31. The van der Waals surface area contributed by atoms with Gasteiger partial charge in [-0.2, -0.15) is 0 Å². The van der Waals surface area contributed by atoms with Gasteiger partial charge in [0.25, 0.3) is 0 Å². The fourth-order valence-corrected chi connectivity index (χ4v) is 2.34. The van der Waals surface area contributed by atoms with Gasteiger partial charge < -0.3 is 10.0 Å². The number of hydrogen-bond donors (Lipinski definition) is 1. The minimum absolute atomic E-state index is 0.0149. The van der Waals surface area contributed by atoms with Crippen molar-refractivity contribution in [2.75, 3.05) is 6.54 Å². The predicted octanol–water partition coefficient (Wildman–Crippen LogP) is 1.99. The third-order valence-electron chi connectivity index (χ3n) is 4.19. The second-order valence-electron chi connectivity index (χ2n) is 5.31. The molecule has 1 rings (SSSR count). The van der Waals surface area contributed by atoms with Crippen LogP contribution in [0.2, 0.25) is 0 Å². The number of carboxylic acids is 1. The molecule has 4 atom stereocenters. The molecular formula is C13H23NO3. The minimum Gasteiger partial charge on any atom is -0.481 e. The Kier molecular flexibility index (Phi) is 4.54. The Morgan fingerprint density at radius 1 is 1.24 bits per heavy atom. The summed E-state index contributed by atoms with van der Waals surface area (Å²) in [6, 6.07) is 0.222. The van der Waals surface area contributed by atoms with Crippen LogP contribution in [-0.2, 0) is 9.59 Å². The molecule has 4 unspecified atom stereocenters. The largest absolute Gasteiger partial charge is 0.481 e. The quantitative estimate of drug-likeness (QED) is 0.822. The van der Waals surface area contributed by atoms with E-state index < -0.39 is 17.8 Å². The molecule has 0 aromatic carbocycles. The molecule has 1 fully saturated rings. The molecule has 1 N–H and O–H groups in total. The van der Waals surface area contributed by atoms with E-state index in [9.17, 15) is 9.59 Å². The number of hydrogen-bond acceptors (Lipinski definition) is 2. The van der Waals surface area contributed by atoms with Crippen LogP contribution >= 0.6 is 0 Å². The fraction of sp³-hybridized carbons (Fsp3) is 0.846. The molecule has 0 bridgehead atoms. The normalized spacial score (nSPS) is 28.6. The summed E-state index contributed by atoms with van der Waals surface area (Å²) in [5, 5.41) is 8.95. The van der Waals surface area contributed by atoms with Crippen molar-refractivity contribution in [2.45, 2.75) is 46.6 Å². The first-order valence-electron chi connectivity index (χ1n) is 6.39. The molecule has 4 nitrogen and oxygen atoms in total. The van der Waals surface area contributed by atoms with Crippen LogP contribution in [0, 0.1) is 17.8 Å². The highest BCUT2D eigenvalue weighted by Crippen LogP contribution is 2.26. The molecular weight excluding hydrogens is 218 g/mol. The number of aliphatic carboxylic acids is 1. The molecule has 1 aliphatic heterocycles. The van der Waals surface area contributed by atoms with Crippen molar-refractivity contribution in [1.29, 1.82) is 0 Å². The maximum Gasteiger partial charge on any atom is 0.307 e. The first-order valence-corrected chi connectivity index (χ1v) is 6.39. The second kappa shape index (κ2) is 5.52. The smallest absolute Gasteiger partial charge is 0.307 e. The van der Waals surface area contributed by atoms with Gasteiger partial charge in [0.2, 0.25) is 5.91 Å². The third-order valence-corrected chi connectivity index (χ3v) is 4.19. The SMILES string of the molecule is CC1CCCN(C(=O)C(C)C(C)C(=O)O)C1C. The minimum atomic E-state index is -0.899. The number of nitrogens with zero attached hydrogens (tertiary/aromatic N) is 1. The molecule has 0 aromatic heterocycles. The van der Waals surface area contributed by atoms with Gasteiger partial charge >= 0.3 is 5.97 Å². The van der Waals surface area contributed by atoms with Gasteiger partial charge in [0.1, 0.15) is 0 Å². The van der Waals surface area contributed by atoms with Crippen molar-refractivity contribution < 1.29 is 14.7 Å². The lowest BCUT2D eigenvalue weighted by Crippen LogP contribution is -2.49. The molecule has 98 valence electrons. The summed E-state index contributed by atoms with van der Waals surface area (Å²) in [7, 11) is 0. The Labute approximate surface area is 103 Å². The molecule has 0 saturated carbocycles. The number of carboxylic acid groups (broad SMARTS) is 1. The lowest BCUT2D eigenvalue weighted by molar-refractivity contribution is -0.151. The van der Waals surface area contributed by atoms with Gasteiger partial charge in [-0.1, -0.05) is 20.8 Å². The molecule has 4 heteroatoms. The average molecular weight is 241 g/mol. The van der Waals surface area contributed by atoms with E-state index in [1.54, 1.807) is 13.8 Å². The fourth-order valence-electron chi connectivity index (χ4n) is 2.34. The van der Waals surface area contributed by atoms with Crippen molar-refractivity contribution in [3.8, 4) is 0 Å². The van der Waals surface area contributed by atoms with E-state index in [1.165, 1.54) is 0 Å². The van der Waals surface area contributed by atoms with Crippen molar-refractivity contribution in [2.24, 2.45) is 17.8 Å². The van der Waals surface area contributed by atoms with Crippen LogP contribution in [0.3, 0.4) is 0 Å². The van der Waals surface area contributed by atoms with E-state index in [-0.39, 0.29) is 11.9 Å². The zero-order valence-corrected chi connectivity index (χ0v) is 11.1. The highest BCUT2D eigenvalue weighted by atomic mass is 16.4. The van der Waals surface area contributed by atoms with Gasteiger partial charge in [-0.05, 0) is 25.7 Å². The molecule has 17 heavy (non-hydrogen) atoms. The van der Waals surface area contributed by atoms with Crippen LogP contribution in [0.4, 0.5) is 0 Å². The van der Waals surface area contributed by atoms with Crippen molar-refractivity contribution >= 4 is 11.9 Å². The first-order chi connectivity index (χ1) is 7.86. The Bertz CT molecular complexity index is 303. The van der Waals surface area contributed by atoms with Crippen LogP contribution in [0.1, 0.15) is 40.5 Å². The Balaban J connectivity index is 2.71. The van der Waals surface area contributed by atoms with Crippen molar-refractivity contribution in [1.82, 2.24) is 4.90 Å². The first kappa shape index (κ1) is 14.0. The third kappa shape index (κ3) is 2.99. The molecule has 1 amide bonds. The van der Waals surface area contributed by atoms with Gasteiger partial charge in [0.05, 0.1) is 5.92 Å². The van der Waals surface area contributed by atoms with E-state index in [1.807, 2.05) is 4.90 Å². The number of carbonyl (C=O) groups is 2. The number of carbonyl (C=O) groups excluding carboxylic acids is 1. The predicted molar refractivity (Wildman–Crippen MR) is 65.5 cm³/mol. The van der Waals surface area contributed by atoms with Crippen LogP contribution < -0.4 is 0 Å². The topological polar surface area (TPSA) is 57.6 Å². The van der Waals surface area contributed by atoms with Gasteiger partial charge in [-0.3, -0.25) is 9.59 Å². The van der Waals surface area contributed by atoms with E-state index >= 15 is 0 Å². The summed E-state index contributed by atoms with van der Waals surface area (Å²) in [5.41, 5.74) is 0. The Morgan fingerprint density at radius 3 is 2.35 bits per heavy atom. The molecule has 0 aliphatic carbocycles. The van der Waals surface area contributed by atoms with Crippen LogP contribution in [-0.4, -0.2) is 34.5 Å². The average Bonchev–Trinajstić information content (AvgIpc) is 2.29. The molecule has 1 aliphatic rings. The summed E-state index contributed by atoms with van der Waals surface area (Å²) in [6.07, 6.45) is 2.17. The molecule has 0 aromatic rings. The zero-order chi connectivity index (χ0) is 13.2. The molecule has 1 heterocycles. The monoisotopic (exact) mass is 241 g/mol. The van der Waals surface area contributed by atoms with Crippen molar-refractivity contribution in [3.05, 3.63) is 0 Å². The number of amides is 1. The van der Waals surface area contributed by atoms with E-state index in [2.05, 4.69) is 13.8 Å². The maximum absolute atomic E-state index is 12.3. The molecule has 1 saturated heterocycles.